The normalized spacial score (nSPS) is 11.1. The summed E-state index contributed by atoms with van der Waals surface area (Å²) in [7, 11) is -4.09. The highest BCUT2D eigenvalue weighted by Crippen LogP contribution is 2.33. The van der Waals surface area contributed by atoms with Crippen LogP contribution in [0.25, 0.3) is 0 Å². The lowest BCUT2D eigenvalue weighted by molar-refractivity contribution is -0.119. The molecule has 0 fully saturated rings. The van der Waals surface area contributed by atoms with Crippen molar-refractivity contribution in [2.45, 2.75) is 29.9 Å². The number of ether oxygens (including phenoxy) is 2. The predicted molar refractivity (Wildman–Crippen MR) is 159 cm³/mol. The maximum atomic E-state index is 13.8. The summed E-state index contributed by atoms with van der Waals surface area (Å²) < 4.78 is 53.1. The van der Waals surface area contributed by atoms with Gasteiger partial charge in [-0.05, 0) is 85.0 Å². The van der Waals surface area contributed by atoms with E-state index in [0.717, 1.165) is 20.3 Å². The van der Waals surface area contributed by atoms with E-state index in [-0.39, 0.29) is 22.9 Å². The molecule has 10 heteroatoms. The van der Waals surface area contributed by atoms with Crippen molar-refractivity contribution in [3.8, 4) is 11.5 Å². The van der Waals surface area contributed by atoms with Crippen LogP contribution in [0.5, 0.6) is 11.5 Å². The van der Waals surface area contributed by atoms with Gasteiger partial charge in [-0.2, -0.15) is 0 Å². The van der Waals surface area contributed by atoms with E-state index in [2.05, 4.69) is 5.32 Å². The Morgan fingerprint density at radius 3 is 2.20 bits per heavy atom. The van der Waals surface area contributed by atoms with Crippen LogP contribution in [-0.2, 0) is 28.0 Å². The Kier molecular flexibility index (Phi) is 10.3. The van der Waals surface area contributed by atoms with Crippen molar-refractivity contribution < 1.29 is 27.1 Å². The molecule has 4 rings (SSSR count). The monoisotopic (exact) mass is 594 g/mol. The van der Waals surface area contributed by atoms with Gasteiger partial charge in [-0.1, -0.05) is 36.4 Å². The van der Waals surface area contributed by atoms with Gasteiger partial charge in [0.1, 0.15) is 30.5 Å². The number of sulfonamides is 1. The molecule has 0 spiro atoms. The standard InChI is InChI=1S/C31H31FN2O5S2/c1-3-38-30-7-5-4-6-29(30)34(41(36,37)28-18-16-27(40-2)17-19-28)21-31(35)33-20-23-10-14-26(15-11-23)39-22-24-8-12-25(32)13-9-24/h4-19H,3,20-22H2,1-2H3,(H,33,35). The summed E-state index contributed by atoms with van der Waals surface area (Å²) in [5.41, 5.74) is 1.93. The number of nitrogens with zero attached hydrogens (tertiary/aromatic N) is 1. The van der Waals surface area contributed by atoms with E-state index in [1.54, 1.807) is 60.7 Å². The summed E-state index contributed by atoms with van der Waals surface area (Å²) in [5, 5.41) is 2.81. The molecule has 0 aromatic heterocycles. The van der Waals surface area contributed by atoms with Crippen LogP contribution >= 0.6 is 11.8 Å². The smallest absolute Gasteiger partial charge is 0.264 e. The van der Waals surface area contributed by atoms with Crippen LogP contribution in [0.2, 0.25) is 0 Å². The van der Waals surface area contributed by atoms with Gasteiger partial charge < -0.3 is 14.8 Å². The number of hydrogen-bond acceptors (Lipinski definition) is 6. The highest BCUT2D eigenvalue weighted by molar-refractivity contribution is 7.98. The van der Waals surface area contributed by atoms with Gasteiger partial charge in [-0.15, -0.1) is 11.8 Å². The minimum atomic E-state index is -4.09. The maximum Gasteiger partial charge on any atom is 0.264 e. The molecule has 0 heterocycles. The van der Waals surface area contributed by atoms with Crippen LogP contribution in [0.3, 0.4) is 0 Å². The lowest BCUT2D eigenvalue weighted by Gasteiger charge is -2.26. The van der Waals surface area contributed by atoms with E-state index in [4.69, 9.17) is 9.47 Å². The molecule has 0 saturated heterocycles. The fourth-order valence-electron chi connectivity index (χ4n) is 3.95. The van der Waals surface area contributed by atoms with Crippen molar-refractivity contribution in [1.29, 1.82) is 0 Å². The van der Waals surface area contributed by atoms with Gasteiger partial charge in [0.15, 0.2) is 0 Å². The summed E-state index contributed by atoms with van der Waals surface area (Å²) in [6.45, 7) is 2.20. The molecule has 0 bridgehead atoms. The van der Waals surface area contributed by atoms with Crippen molar-refractivity contribution in [2.24, 2.45) is 0 Å². The van der Waals surface area contributed by atoms with Crippen molar-refractivity contribution in [3.05, 3.63) is 114 Å². The van der Waals surface area contributed by atoms with E-state index in [9.17, 15) is 17.6 Å². The Balaban J connectivity index is 1.45. The van der Waals surface area contributed by atoms with Crippen LogP contribution in [0.15, 0.2) is 107 Å². The first-order valence-corrected chi connectivity index (χ1v) is 15.6. The summed E-state index contributed by atoms with van der Waals surface area (Å²) in [5.74, 6) is 0.214. The van der Waals surface area contributed by atoms with Crippen molar-refractivity contribution in [2.75, 3.05) is 23.7 Å². The summed E-state index contributed by atoms with van der Waals surface area (Å²) in [4.78, 5) is 14.1. The number of rotatable bonds is 13. The summed E-state index contributed by atoms with van der Waals surface area (Å²) in [6.07, 6.45) is 1.91. The zero-order valence-electron chi connectivity index (χ0n) is 22.7. The third-order valence-electron chi connectivity index (χ3n) is 6.10. The second-order valence-corrected chi connectivity index (χ2v) is 11.7. The van der Waals surface area contributed by atoms with Gasteiger partial charge in [0.25, 0.3) is 10.0 Å². The summed E-state index contributed by atoms with van der Waals surface area (Å²) >= 11 is 1.51. The molecular weight excluding hydrogens is 563 g/mol. The minimum absolute atomic E-state index is 0.0747. The quantitative estimate of drug-likeness (QED) is 0.190. The number of nitrogens with one attached hydrogen (secondary N) is 1. The van der Waals surface area contributed by atoms with Crippen LogP contribution in [0, 0.1) is 5.82 Å². The Morgan fingerprint density at radius 1 is 0.878 bits per heavy atom. The van der Waals surface area contributed by atoms with E-state index in [1.807, 2.05) is 25.3 Å². The molecule has 1 amide bonds. The largest absolute Gasteiger partial charge is 0.492 e. The van der Waals surface area contributed by atoms with E-state index in [0.29, 0.717) is 24.7 Å². The number of halogens is 1. The maximum absolute atomic E-state index is 13.8. The zero-order chi connectivity index (χ0) is 29.2. The van der Waals surface area contributed by atoms with Crippen LogP contribution in [-0.4, -0.2) is 33.7 Å². The zero-order valence-corrected chi connectivity index (χ0v) is 24.4. The molecule has 7 nitrogen and oxygen atoms in total. The van der Waals surface area contributed by atoms with Crippen molar-refractivity contribution >= 4 is 33.4 Å². The molecule has 0 atom stereocenters. The average molecular weight is 595 g/mol. The number of thioether (sulfide) groups is 1. The molecule has 0 aliphatic heterocycles. The molecule has 0 aliphatic rings. The Labute approximate surface area is 244 Å². The Morgan fingerprint density at radius 2 is 1.54 bits per heavy atom. The van der Waals surface area contributed by atoms with Gasteiger partial charge in [0, 0.05) is 11.4 Å². The van der Waals surface area contributed by atoms with Crippen molar-refractivity contribution in [1.82, 2.24) is 5.32 Å². The third-order valence-corrected chi connectivity index (χ3v) is 8.62. The molecule has 4 aromatic rings. The molecule has 0 aliphatic carbocycles. The molecule has 0 unspecified atom stereocenters. The first kappa shape index (κ1) is 30.0. The number of hydrogen-bond donors (Lipinski definition) is 1. The molecule has 4 aromatic carbocycles. The number of carbonyl (C=O) groups is 1. The average Bonchev–Trinajstić information content (AvgIpc) is 2.99. The van der Waals surface area contributed by atoms with Gasteiger partial charge in [0.2, 0.25) is 5.91 Å². The predicted octanol–water partition coefficient (Wildman–Crippen LogP) is 6.04. The molecule has 41 heavy (non-hydrogen) atoms. The van der Waals surface area contributed by atoms with E-state index in [1.165, 1.54) is 36.0 Å². The van der Waals surface area contributed by atoms with Crippen LogP contribution in [0.4, 0.5) is 10.1 Å². The molecular formula is C31H31FN2O5S2. The number of amides is 1. The van der Waals surface area contributed by atoms with Crippen LogP contribution < -0.4 is 19.1 Å². The highest BCUT2D eigenvalue weighted by atomic mass is 32.2. The van der Waals surface area contributed by atoms with E-state index < -0.39 is 22.5 Å². The minimum Gasteiger partial charge on any atom is -0.492 e. The number of benzene rings is 4. The van der Waals surface area contributed by atoms with Gasteiger partial charge in [0.05, 0.1) is 17.2 Å². The first-order chi connectivity index (χ1) is 19.8. The van der Waals surface area contributed by atoms with E-state index >= 15 is 0 Å². The van der Waals surface area contributed by atoms with Gasteiger partial charge in [-0.25, -0.2) is 12.8 Å². The SMILES string of the molecule is CCOc1ccccc1N(CC(=O)NCc1ccc(OCc2ccc(F)cc2)cc1)S(=O)(=O)c1ccc(SC)cc1. The van der Waals surface area contributed by atoms with Crippen molar-refractivity contribution in [3.63, 3.8) is 0 Å². The Bertz CT molecular complexity index is 1550. The highest BCUT2D eigenvalue weighted by Gasteiger charge is 2.29. The lowest BCUT2D eigenvalue weighted by atomic mass is 10.2. The third kappa shape index (κ3) is 8.02. The fourth-order valence-corrected chi connectivity index (χ4v) is 5.79. The second-order valence-electron chi connectivity index (χ2n) is 8.92. The van der Waals surface area contributed by atoms with Gasteiger partial charge in [-0.3, -0.25) is 9.10 Å². The lowest BCUT2D eigenvalue weighted by Crippen LogP contribution is -2.40. The molecule has 0 radical (unpaired) electrons. The topological polar surface area (TPSA) is 84.9 Å². The number of para-hydroxylation sites is 2. The molecule has 1 N–H and O–H groups in total. The Hall–Kier alpha value is -4.02. The number of anilines is 1. The first-order valence-electron chi connectivity index (χ1n) is 12.9. The summed E-state index contributed by atoms with van der Waals surface area (Å²) in [6, 6.07) is 26.6. The number of carbonyl (C=O) groups excluding carboxylic acids is 1. The van der Waals surface area contributed by atoms with Crippen LogP contribution in [0.1, 0.15) is 18.1 Å². The molecule has 214 valence electrons. The fraction of sp³-hybridized carbons (Fsp3) is 0.194. The second kappa shape index (κ2) is 14.0. The molecule has 0 saturated carbocycles. The van der Waals surface area contributed by atoms with Gasteiger partial charge >= 0.3 is 0 Å².